The number of ether oxygens (including phenoxy) is 1. The molecular weight excluding hydrogens is 352 g/mol. The maximum absolute atomic E-state index is 12.0. The van der Waals surface area contributed by atoms with Gasteiger partial charge in [-0.05, 0) is 19.1 Å². The Hall–Kier alpha value is -3.20. The van der Waals surface area contributed by atoms with E-state index in [4.69, 9.17) is 16.2 Å². The average Bonchev–Trinajstić information content (AvgIpc) is 3.24. The van der Waals surface area contributed by atoms with Crippen LogP contribution in [0.4, 0.5) is 0 Å². The highest BCUT2D eigenvalue weighted by molar-refractivity contribution is 7.17. The molecule has 0 aliphatic heterocycles. The summed E-state index contributed by atoms with van der Waals surface area (Å²) in [6.45, 7) is 2.98. The van der Waals surface area contributed by atoms with Crippen LogP contribution in [-0.2, 0) is 6.54 Å². The predicted molar refractivity (Wildman–Crippen MR) is 100 cm³/mol. The van der Waals surface area contributed by atoms with Gasteiger partial charge in [-0.3, -0.25) is 4.79 Å². The van der Waals surface area contributed by atoms with Crippen molar-refractivity contribution >= 4 is 23.2 Å². The number of rotatable bonds is 6. The van der Waals surface area contributed by atoms with Crippen molar-refractivity contribution in [1.29, 1.82) is 0 Å². The van der Waals surface area contributed by atoms with E-state index in [-0.39, 0.29) is 5.96 Å². The number of aliphatic imine (C=N–C) groups is 1. The number of hydrogen-bond donors (Lipinski definition) is 2. The van der Waals surface area contributed by atoms with Crippen molar-refractivity contribution in [3.8, 4) is 16.3 Å². The highest BCUT2D eigenvalue weighted by atomic mass is 32.1. The van der Waals surface area contributed by atoms with Crippen molar-refractivity contribution in [3.63, 3.8) is 0 Å². The van der Waals surface area contributed by atoms with Crippen LogP contribution in [0, 0.1) is 6.92 Å². The third kappa shape index (κ3) is 4.25. The Morgan fingerprint density at radius 1 is 1.38 bits per heavy atom. The zero-order valence-corrected chi connectivity index (χ0v) is 14.9. The van der Waals surface area contributed by atoms with Crippen molar-refractivity contribution in [2.24, 2.45) is 16.5 Å². The standard InChI is InChI=1S/C17H18N6O2S/c1-11-14(15(24)22-17(18)19)26-16(21-11)12-3-2-4-13(9-12)25-8-7-23-6-5-20-10-23/h2-6,9-10H,7-8H2,1H3,(H4,18,19,22,24). The molecule has 134 valence electrons. The SMILES string of the molecule is Cc1nc(-c2cccc(OCCn3ccnc3)c2)sc1C(=O)N=C(N)N. The normalized spacial score (nSPS) is 10.5. The van der Waals surface area contributed by atoms with Crippen LogP contribution < -0.4 is 16.2 Å². The number of guanidine groups is 1. The molecule has 9 heteroatoms. The van der Waals surface area contributed by atoms with E-state index in [2.05, 4.69) is 15.0 Å². The lowest BCUT2D eigenvalue weighted by Gasteiger charge is -2.07. The minimum absolute atomic E-state index is 0.266. The zero-order chi connectivity index (χ0) is 18.5. The molecule has 0 atom stereocenters. The van der Waals surface area contributed by atoms with E-state index >= 15 is 0 Å². The maximum atomic E-state index is 12.0. The van der Waals surface area contributed by atoms with Gasteiger partial charge in [-0.25, -0.2) is 9.97 Å². The molecule has 3 rings (SSSR count). The Morgan fingerprint density at radius 3 is 2.96 bits per heavy atom. The largest absolute Gasteiger partial charge is 0.492 e. The van der Waals surface area contributed by atoms with E-state index in [1.165, 1.54) is 11.3 Å². The van der Waals surface area contributed by atoms with Gasteiger partial charge in [0.15, 0.2) is 5.96 Å². The minimum atomic E-state index is -0.487. The molecule has 2 aromatic heterocycles. The van der Waals surface area contributed by atoms with Crippen LogP contribution in [0.2, 0.25) is 0 Å². The van der Waals surface area contributed by atoms with E-state index in [0.717, 1.165) is 11.3 Å². The third-order valence-electron chi connectivity index (χ3n) is 3.48. The molecule has 1 amide bonds. The zero-order valence-electron chi connectivity index (χ0n) is 14.1. The number of benzene rings is 1. The van der Waals surface area contributed by atoms with Crippen molar-refractivity contribution in [2.45, 2.75) is 13.5 Å². The Balaban J connectivity index is 1.73. The van der Waals surface area contributed by atoms with Crippen molar-refractivity contribution in [1.82, 2.24) is 14.5 Å². The predicted octanol–water partition coefficient (Wildman–Crippen LogP) is 1.81. The Morgan fingerprint density at radius 2 is 2.23 bits per heavy atom. The van der Waals surface area contributed by atoms with E-state index in [1.54, 1.807) is 19.4 Å². The van der Waals surface area contributed by atoms with Gasteiger partial charge in [0.1, 0.15) is 22.2 Å². The monoisotopic (exact) mass is 370 g/mol. The number of carbonyl (C=O) groups is 1. The van der Waals surface area contributed by atoms with Crippen LogP contribution in [-0.4, -0.2) is 33.0 Å². The molecule has 0 bridgehead atoms. The molecule has 8 nitrogen and oxygen atoms in total. The molecule has 0 unspecified atom stereocenters. The van der Waals surface area contributed by atoms with Gasteiger partial charge in [-0.2, -0.15) is 4.99 Å². The summed E-state index contributed by atoms with van der Waals surface area (Å²) in [6.07, 6.45) is 5.35. The van der Waals surface area contributed by atoms with Gasteiger partial charge in [-0.15, -0.1) is 11.3 Å². The second kappa shape index (κ2) is 7.79. The number of hydrogen-bond acceptors (Lipinski definition) is 5. The molecule has 1 aromatic carbocycles. The van der Waals surface area contributed by atoms with Gasteiger partial charge in [0, 0.05) is 18.0 Å². The van der Waals surface area contributed by atoms with Gasteiger partial charge in [0.25, 0.3) is 5.91 Å². The second-order valence-corrected chi connectivity index (χ2v) is 6.45. The van der Waals surface area contributed by atoms with Crippen molar-refractivity contribution in [2.75, 3.05) is 6.61 Å². The van der Waals surface area contributed by atoms with Gasteiger partial charge < -0.3 is 20.8 Å². The molecule has 0 saturated heterocycles. The number of nitrogens with two attached hydrogens (primary N) is 2. The summed E-state index contributed by atoms with van der Waals surface area (Å²) in [5.74, 6) is -0.0239. The second-order valence-electron chi connectivity index (χ2n) is 5.45. The van der Waals surface area contributed by atoms with Gasteiger partial charge in [0.05, 0.1) is 18.6 Å². The lowest BCUT2D eigenvalue weighted by Crippen LogP contribution is -2.24. The summed E-state index contributed by atoms with van der Waals surface area (Å²) in [5.41, 5.74) is 12.0. The maximum Gasteiger partial charge on any atom is 0.292 e. The number of nitrogens with zero attached hydrogens (tertiary/aromatic N) is 4. The summed E-state index contributed by atoms with van der Waals surface area (Å²) in [6, 6.07) is 7.57. The van der Waals surface area contributed by atoms with Gasteiger partial charge in [0.2, 0.25) is 0 Å². The first-order valence-electron chi connectivity index (χ1n) is 7.83. The molecule has 3 aromatic rings. The van der Waals surface area contributed by atoms with Crippen LogP contribution in [0.5, 0.6) is 5.75 Å². The van der Waals surface area contributed by atoms with Crippen molar-refractivity contribution < 1.29 is 9.53 Å². The quantitative estimate of drug-likeness (QED) is 0.504. The smallest absolute Gasteiger partial charge is 0.292 e. The number of aryl methyl sites for hydroxylation is 1. The molecule has 4 N–H and O–H groups in total. The highest BCUT2D eigenvalue weighted by Gasteiger charge is 2.16. The topological polar surface area (TPSA) is 121 Å². The molecule has 0 saturated carbocycles. The van der Waals surface area contributed by atoms with E-state index < -0.39 is 5.91 Å². The molecule has 26 heavy (non-hydrogen) atoms. The summed E-state index contributed by atoms with van der Waals surface area (Å²) in [4.78, 5) is 24.5. The number of carbonyl (C=O) groups excluding carboxylic acids is 1. The minimum Gasteiger partial charge on any atom is -0.492 e. The number of aromatic nitrogens is 3. The van der Waals surface area contributed by atoms with Crippen LogP contribution in [0.15, 0.2) is 48.0 Å². The number of amides is 1. The lowest BCUT2D eigenvalue weighted by molar-refractivity contribution is 0.101. The summed E-state index contributed by atoms with van der Waals surface area (Å²) in [5, 5.41) is 0.705. The molecule has 0 radical (unpaired) electrons. The number of imidazole rings is 1. The highest BCUT2D eigenvalue weighted by Crippen LogP contribution is 2.30. The Kier molecular flexibility index (Phi) is 5.28. The molecule has 0 spiro atoms. The summed E-state index contributed by atoms with van der Waals surface area (Å²) < 4.78 is 7.73. The molecule has 0 aliphatic carbocycles. The van der Waals surface area contributed by atoms with Crippen LogP contribution >= 0.6 is 11.3 Å². The van der Waals surface area contributed by atoms with Crippen LogP contribution in [0.3, 0.4) is 0 Å². The fourth-order valence-electron chi connectivity index (χ4n) is 2.29. The molecular formula is C17H18N6O2S. The fraction of sp³-hybridized carbons (Fsp3) is 0.176. The first-order valence-corrected chi connectivity index (χ1v) is 8.65. The third-order valence-corrected chi connectivity index (χ3v) is 4.67. The average molecular weight is 370 g/mol. The Labute approximate surface area is 154 Å². The van der Waals surface area contributed by atoms with E-state index in [0.29, 0.717) is 28.7 Å². The lowest BCUT2D eigenvalue weighted by atomic mass is 10.2. The molecule has 2 heterocycles. The van der Waals surface area contributed by atoms with Crippen molar-refractivity contribution in [3.05, 3.63) is 53.6 Å². The summed E-state index contributed by atoms with van der Waals surface area (Å²) in [7, 11) is 0. The van der Waals surface area contributed by atoms with Gasteiger partial charge in [-0.1, -0.05) is 12.1 Å². The first-order chi connectivity index (χ1) is 12.5. The fourth-order valence-corrected chi connectivity index (χ4v) is 3.24. The first kappa shape index (κ1) is 17.6. The van der Waals surface area contributed by atoms with E-state index in [9.17, 15) is 4.79 Å². The van der Waals surface area contributed by atoms with Crippen LogP contribution in [0.1, 0.15) is 15.4 Å². The van der Waals surface area contributed by atoms with Gasteiger partial charge >= 0.3 is 0 Å². The molecule has 0 fully saturated rings. The van der Waals surface area contributed by atoms with E-state index in [1.807, 2.05) is 35.0 Å². The number of thiazole rings is 1. The molecule has 0 aliphatic rings. The van der Waals surface area contributed by atoms with Crippen LogP contribution in [0.25, 0.3) is 10.6 Å². The Bertz CT molecular complexity index is 929. The summed E-state index contributed by atoms with van der Waals surface area (Å²) >= 11 is 1.25.